The molecule has 0 saturated carbocycles. The highest BCUT2D eigenvalue weighted by atomic mass is 16.6. The lowest BCUT2D eigenvalue weighted by molar-refractivity contribution is 0.0537. The minimum atomic E-state index is -0.606. The van der Waals surface area contributed by atoms with E-state index >= 15 is 0 Å². The maximum Gasteiger partial charge on any atom is 0.418 e. The van der Waals surface area contributed by atoms with E-state index in [1.807, 2.05) is 75.4 Å². The molecule has 2 aromatic carbocycles. The number of rotatable bonds is 4. The number of fused-ring (bicyclic) bond motifs is 1. The van der Waals surface area contributed by atoms with Gasteiger partial charge in [0.15, 0.2) is 5.65 Å². The summed E-state index contributed by atoms with van der Waals surface area (Å²) in [6.45, 7) is 5.45. The van der Waals surface area contributed by atoms with E-state index < -0.39 is 11.7 Å². The van der Waals surface area contributed by atoms with E-state index in [2.05, 4.69) is 9.97 Å². The van der Waals surface area contributed by atoms with Crippen molar-refractivity contribution in [3.63, 3.8) is 0 Å². The number of carbonyl (C=O) groups excluding carboxylic acids is 1. The van der Waals surface area contributed by atoms with Crippen LogP contribution in [0, 0.1) is 0 Å². The summed E-state index contributed by atoms with van der Waals surface area (Å²) in [6, 6.07) is 18.9. The largest absolute Gasteiger partial charge is 0.457 e. The molecule has 5 rings (SSSR count). The molecule has 3 aromatic heterocycles. The Balaban J connectivity index is 1.51. The molecule has 9 nitrogen and oxygen atoms in total. The maximum atomic E-state index is 12.5. The minimum Gasteiger partial charge on any atom is -0.457 e. The van der Waals surface area contributed by atoms with Gasteiger partial charge in [-0.1, -0.05) is 18.2 Å². The second-order valence-corrected chi connectivity index (χ2v) is 8.91. The van der Waals surface area contributed by atoms with Crippen molar-refractivity contribution in [3.05, 3.63) is 79.4 Å². The van der Waals surface area contributed by atoms with Crippen molar-refractivity contribution in [2.45, 2.75) is 26.4 Å². The van der Waals surface area contributed by atoms with Crippen LogP contribution in [-0.2, 0) is 4.74 Å². The first-order chi connectivity index (χ1) is 16.8. The van der Waals surface area contributed by atoms with Crippen molar-refractivity contribution in [1.82, 2.24) is 24.3 Å². The van der Waals surface area contributed by atoms with E-state index in [9.17, 15) is 4.79 Å². The maximum absolute atomic E-state index is 12.5. The van der Waals surface area contributed by atoms with E-state index in [0.29, 0.717) is 34.0 Å². The molecule has 176 valence electrons. The summed E-state index contributed by atoms with van der Waals surface area (Å²) in [5, 5.41) is 5.40. The zero-order valence-corrected chi connectivity index (χ0v) is 19.5. The van der Waals surface area contributed by atoms with E-state index in [1.165, 1.54) is 10.9 Å². The average molecular weight is 469 g/mol. The van der Waals surface area contributed by atoms with Crippen molar-refractivity contribution in [1.29, 1.82) is 0 Å². The van der Waals surface area contributed by atoms with Gasteiger partial charge in [-0.2, -0.15) is 5.10 Å². The number of nitrogens with two attached hydrogens (primary N) is 1. The summed E-state index contributed by atoms with van der Waals surface area (Å²) < 4.78 is 14.3. The zero-order chi connectivity index (χ0) is 24.6. The fraction of sp³-hybridized carbons (Fsp3) is 0.154. The van der Waals surface area contributed by atoms with Gasteiger partial charge in [-0.25, -0.2) is 19.4 Å². The lowest BCUT2D eigenvalue weighted by atomic mass is 10.1. The lowest BCUT2D eigenvalue weighted by Gasteiger charge is -2.19. The molecule has 0 saturated heterocycles. The van der Waals surface area contributed by atoms with Gasteiger partial charge in [-0.3, -0.25) is 4.57 Å². The molecule has 0 aliphatic carbocycles. The molecule has 0 spiro atoms. The molecule has 0 radical (unpaired) electrons. The number of nitrogens with zero attached hydrogens (tertiary/aromatic N) is 5. The highest BCUT2D eigenvalue weighted by molar-refractivity contribution is 5.99. The Labute approximate surface area is 201 Å². The summed E-state index contributed by atoms with van der Waals surface area (Å²) in [5.41, 5.74) is 8.23. The number of para-hydroxylation sites is 1. The van der Waals surface area contributed by atoms with Crippen LogP contribution in [-0.4, -0.2) is 36.0 Å². The van der Waals surface area contributed by atoms with Crippen LogP contribution in [0.4, 0.5) is 10.6 Å². The summed E-state index contributed by atoms with van der Waals surface area (Å²) >= 11 is 0. The van der Waals surface area contributed by atoms with Gasteiger partial charge in [-0.05, 0) is 63.2 Å². The van der Waals surface area contributed by atoms with E-state index in [0.717, 1.165) is 11.3 Å². The summed E-state index contributed by atoms with van der Waals surface area (Å²) in [4.78, 5) is 21.0. The molecule has 0 bridgehead atoms. The van der Waals surface area contributed by atoms with Crippen LogP contribution >= 0.6 is 0 Å². The van der Waals surface area contributed by atoms with Crippen LogP contribution in [0.5, 0.6) is 11.5 Å². The molecule has 0 aliphatic heterocycles. The second kappa shape index (κ2) is 8.60. The van der Waals surface area contributed by atoms with Gasteiger partial charge in [0, 0.05) is 18.0 Å². The number of anilines is 1. The van der Waals surface area contributed by atoms with Crippen molar-refractivity contribution >= 4 is 22.9 Å². The van der Waals surface area contributed by atoms with Gasteiger partial charge >= 0.3 is 6.09 Å². The van der Waals surface area contributed by atoms with E-state index in [-0.39, 0.29) is 0 Å². The Morgan fingerprint density at radius 1 is 0.943 bits per heavy atom. The molecule has 3 heterocycles. The first-order valence-corrected chi connectivity index (χ1v) is 11.0. The van der Waals surface area contributed by atoms with Crippen LogP contribution < -0.4 is 10.5 Å². The van der Waals surface area contributed by atoms with Crippen molar-refractivity contribution in [2.24, 2.45) is 0 Å². The highest BCUT2D eigenvalue weighted by Gasteiger charge is 2.21. The van der Waals surface area contributed by atoms with Crippen molar-refractivity contribution in [2.75, 3.05) is 5.73 Å². The first kappa shape index (κ1) is 22.1. The summed E-state index contributed by atoms with van der Waals surface area (Å²) in [6.07, 6.45) is 4.17. The standard InChI is InChI=1S/C26H24N6O3/c1-26(2,3)35-25(33)31-14-13-18(15-31)32-24-21(23(27)28-16-29-24)22(30-32)17-9-11-20(12-10-17)34-19-7-5-4-6-8-19/h4-16H,1-3H3,(H2,27,28,29). The topological polar surface area (TPSA) is 110 Å². The second-order valence-electron chi connectivity index (χ2n) is 8.91. The molecule has 35 heavy (non-hydrogen) atoms. The highest BCUT2D eigenvalue weighted by Crippen LogP contribution is 2.33. The van der Waals surface area contributed by atoms with Crippen LogP contribution in [0.2, 0.25) is 0 Å². The van der Waals surface area contributed by atoms with Gasteiger partial charge in [0.25, 0.3) is 0 Å². The monoisotopic (exact) mass is 468 g/mol. The summed E-state index contributed by atoms with van der Waals surface area (Å²) in [7, 11) is 0. The van der Waals surface area contributed by atoms with Gasteiger partial charge in [-0.15, -0.1) is 0 Å². The Bertz CT molecular complexity index is 1500. The lowest BCUT2D eigenvalue weighted by Crippen LogP contribution is -2.26. The average Bonchev–Trinajstić information content (AvgIpc) is 3.45. The van der Waals surface area contributed by atoms with Gasteiger partial charge in [0.1, 0.15) is 34.9 Å². The normalized spacial score (nSPS) is 11.5. The van der Waals surface area contributed by atoms with Crippen molar-refractivity contribution in [3.8, 4) is 28.4 Å². The van der Waals surface area contributed by atoms with Crippen molar-refractivity contribution < 1.29 is 14.3 Å². The van der Waals surface area contributed by atoms with Gasteiger partial charge in [0.05, 0.1) is 11.1 Å². The molecular weight excluding hydrogens is 444 g/mol. The third-order valence-electron chi connectivity index (χ3n) is 5.13. The third kappa shape index (κ3) is 4.56. The minimum absolute atomic E-state index is 0.312. The Hall–Kier alpha value is -4.66. The molecule has 5 aromatic rings. The fourth-order valence-electron chi connectivity index (χ4n) is 3.60. The van der Waals surface area contributed by atoms with Gasteiger partial charge < -0.3 is 15.2 Å². The van der Waals surface area contributed by atoms with Crippen LogP contribution in [0.25, 0.3) is 28.0 Å². The van der Waals surface area contributed by atoms with Crippen LogP contribution in [0.15, 0.2) is 79.4 Å². The molecule has 0 atom stereocenters. The molecule has 0 aliphatic rings. The number of hydrogen-bond donors (Lipinski definition) is 1. The van der Waals surface area contributed by atoms with E-state index in [1.54, 1.807) is 23.1 Å². The number of benzene rings is 2. The quantitative estimate of drug-likeness (QED) is 0.374. The first-order valence-electron chi connectivity index (χ1n) is 11.0. The number of aromatic nitrogens is 5. The molecule has 0 unspecified atom stereocenters. The third-order valence-corrected chi connectivity index (χ3v) is 5.13. The predicted molar refractivity (Wildman–Crippen MR) is 133 cm³/mol. The van der Waals surface area contributed by atoms with Crippen LogP contribution in [0.3, 0.4) is 0 Å². The number of carbonyl (C=O) groups is 1. The van der Waals surface area contributed by atoms with Crippen LogP contribution in [0.1, 0.15) is 20.8 Å². The fourth-order valence-corrected chi connectivity index (χ4v) is 3.60. The van der Waals surface area contributed by atoms with Gasteiger partial charge in [0.2, 0.25) is 0 Å². The number of ether oxygens (including phenoxy) is 2. The number of hydrogen-bond acceptors (Lipinski definition) is 7. The molecular formula is C26H24N6O3. The predicted octanol–water partition coefficient (Wildman–Crippen LogP) is 5.44. The zero-order valence-electron chi connectivity index (χ0n) is 19.5. The Kier molecular flexibility index (Phi) is 5.44. The Morgan fingerprint density at radius 2 is 1.66 bits per heavy atom. The SMILES string of the molecule is CC(C)(C)OC(=O)n1ccc(-n2nc(-c3ccc(Oc4ccccc4)cc3)c3c(N)ncnc32)c1. The number of nitrogen functional groups attached to an aromatic ring is 1. The Morgan fingerprint density at radius 3 is 2.37 bits per heavy atom. The molecule has 9 heteroatoms. The molecule has 2 N–H and O–H groups in total. The molecule has 0 fully saturated rings. The smallest absolute Gasteiger partial charge is 0.418 e. The summed E-state index contributed by atoms with van der Waals surface area (Å²) in [5.74, 6) is 1.76. The van der Waals surface area contributed by atoms with E-state index in [4.69, 9.17) is 20.3 Å². The molecule has 0 amide bonds.